The maximum Gasteiger partial charge on any atom is 0.306 e. The van der Waals surface area contributed by atoms with Gasteiger partial charge in [-0.05, 0) is 39.7 Å². The first-order chi connectivity index (χ1) is 9.79. The lowest BCUT2D eigenvalue weighted by Crippen LogP contribution is -2.35. The number of aliphatic carboxylic acids is 1. The van der Waals surface area contributed by atoms with Gasteiger partial charge in [-0.2, -0.15) is 5.10 Å². The predicted octanol–water partition coefficient (Wildman–Crippen LogP) is 1.90. The molecular weight excluding hydrogens is 270 g/mol. The van der Waals surface area contributed by atoms with E-state index < -0.39 is 5.97 Å². The van der Waals surface area contributed by atoms with Crippen LogP contribution in [0.3, 0.4) is 0 Å². The summed E-state index contributed by atoms with van der Waals surface area (Å²) >= 11 is 0. The minimum atomic E-state index is -0.767. The molecule has 1 rings (SSSR count). The first kappa shape index (κ1) is 17.2. The number of aryl methyl sites for hydroxylation is 2. The van der Waals surface area contributed by atoms with Gasteiger partial charge in [0.25, 0.3) is 0 Å². The molecule has 0 fully saturated rings. The number of aromatic nitrogens is 2. The monoisotopic (exact) mass is 295 g/mol. The Morgan fingerprint density at radius 2 is 2.00 bits per heavy atom. The second-order valence-corrected chi connectivity index (χ2v) is 5.72. The normalized spacial score (nSPS) is 13.7. The summed E-state index contributed by atoms with van der Waals surface area (Å²) in [6.07, 6.45) is 2.20. The summed E-state index contributed by atoms with van der Waals surface area (Å²) < 4.78 is 1.68. The minimum absolute atomic E-state index is 0.0375. The summed E-state index contributed by atoms with van der Waals surface area (Å²) in [6, 6.07) is 1.97. The molecule has 0 aliphatic carbocycles. The Morgan fingerprint density at radius 3 is 2.52 bits per heavy atom. The van der Waals surface area contributed by atoms with Gasteiger partial charge in [0.2, 0.25) is 5.91 Å². The fourth-order valence-electron chi connectivity index (χ4n) is 2.22. The van der Waals surface area contributed by atoms with Crippen molar-refractivity contribution in [3.8, 4) is 0 Å². The van der Waals surface area contributed by atoms with Crippen LogP contribution in [0.1, 0.15) is 44.5 Å². The summed E-state index contributed by atoms with van der Waals surface area (Å²) in [6.45, 7) is 7.67. The third-order valence-electron chi connectivity index (χ3n) is 3.50. The molecule has 2 N–H and O–H groups in total. The van der Waals surface area contributed by atoms with E-state index in [1.54, 1.807) is 11.6 Å². The molecule has 0 spiro atoms. The van der Waals surface area contributed by atoms with Gasteiger partial charge in [-0.25, -0.2) is 0 Å². The lowest BCUT2D eigenvalue weighted by atomic mass is 10.0. The SMILES string of the molecule is Cc1cc(C)n(CC(=O)NC(C)CCCC(C)C(=O)O)n1. The first-order valence-corrected chi connectivity index (χ1v) is 7.32. The van der Waals surface area contributed by atoms with Crippen molar-refractivity contribution < 1.29 is 14.7 Å². The van der Waals surface area contributed by atoms with E-state index in [-0.39, 0.29) is 24.4 Å². The van der Waals surface area contributed by atoms with Crippen LogP contribution < -0.4 is 5.32 Å². The molecule has 6 heteroatoms. The van der Waals surface area contributed by atoms with E-state index in [0.29, 0.717) is 6.42 Å². The molecule has 2 atom stereocenters. The van der Waals surface area contributed by atoms with Gasteiger partial charge in [0.15, 0.2) is 0 Å². The molecule has 1 amide bonds. The average molecular weight is 295 g/mol. The van der Waals surface area contributed by atoms with Crippen molar-refractivity contribution in [2.24, 2.45) is 5.92 Å². The molecule has 0 aromatic carbocycles. The van der Waals surface area contributed by atoms with Gasteiger partial charge in [-0.1, -0.05) is 13.3 Å². The second kappa shape index (κ2) is 7.81. The number of rotatable bonds is 8. The van der Waals surface area contributed by atoms with Crippen LogP contribution in [0.4, 0.5) is 0 Å². The van der Waals surface area contributed by atoms with Crippen molar-refractivity contribution in [2.75, 3.05) is 0 Å². The van der Waals surface area contributed by atoms with Crippen LogP contribution >= 0.6 is 0 Å². The zero-order valence-electron chi connectivity index (χ0n) is 13.2. The topological polar surface area (TPSA) is 84.2 Å². The van der Waals surface area contributed by atoms with Gasteiger partial charge in [0.1, 0.15) is 6.54 Å². The predicted molar refractivity (Wildman–Crippen MR) is 80.0 cm³/mol. The van der Waals surface area contributed by atoms with Crippen LogP contribution in [-0.4, -0.2) is 32.8 Å². The smallest absolute Gasteiger partial charge is 0.306 e. The molecule has 0 bridgehead atoms. The molecule has 6 nitrogen and oxygen atoms in total. The van der Waals surface area contributed by atoms with E-state index in [1.807, 2.05) is 26.8 Å². The van der Waals surface area contributed by atoms with E-state index in [9.17, 15) is 9.59 Å². The van der Waals surface area contributed by atoms with E-state index in [2.05, 4.69) is 10.4 Å². The Labute approximate surface area is 125 Å². The number of nitrogens with zero attached hydrogens (tertiary/aromatic N) is 2. The number of hydrogen-bond donors (Lipinski definition) is 2. The van der Waals surface area contributed by atoms with E-state index in [1.165, 1.54) is 0 Å². The molecule has 0 saturated carbocycles. The Balaban J connectivity index is 2.31. The van der Waals surface area contributed by atoms with Gasteiger partial charge >= 0.3 is 5.97 Å². The highest BCUT2D eigenvalue weighted by molar-refractivity contribution is 5.76. The van der Waals surface area contributed by atoms with E-state index in [0.717, 1.165) is 24.2 Å². The third-order valence-corrected chi connectivity index (χ3v) is 3.50. The van der Waals surface area contributed by atoms with Crippen molar-refractivity contribution in [2.45, 2.75) is 59.5 Å². The van der Waals surface area contributed by atoms with Crippen LogP contribution in [0.5, 0.6) is 0 Å². The molecule has 0 radical (unpaired) electrons. The Bertz CT molecular complexity index is 496. The number of carboxylic acid groups (broad SMARTS) is 1. The fraction of sp³-hybridized carbons (Fsp3) is 0.667. The lowest BCUT2D eigenvalue weighted by molar-refractivity contribution is -0.141. The van der Waals surface area contributed by atoms with Gasteiger partial charge in [0, 0.05) is 11.7 Å². The number of hydrogen-bond acceptors (Lipinski definition) is 3. The van der Waals surface area contributed by atoms with Crippen molar-refractivity contribution in [3.63, 3.8) is 0 Å². The number of amides is 1. The third kappa shape index (κ3) is 5.97. The quantitative estimate of drug-likeness (QED) is 0.767. The maximum absolute atomic E-state index is 11.9. The first-order valence-electron chi connectivity index (χ1n) is 7.32. The molecule has 21 heavy (non-hydrogen) atoms. The molecule has 1 aromatic heterocycles. The molecular formula is C15H25N3O3. The molecule has 118 valence electrons. The summed E-state index contributed by atoms with van der Waals surface area (Å²) in [7, 11) is 0. The van der Waals surface area contributed by atoms with Crippen molar-refractivity contribution in [1.29, 1.82) is 0 Å². The second-order valence-electron chi connectivity index (χ2n) is 5.72. The van der Waals surface area contributed by atoms with Crippen LogP contribution in [0.2, 0.25) is 0 Å². The van der Waals surface area contributed by atoms with Gasteiger partial charge in [0.05, 0.1) is 11.6 Å². The van der Waals surface area contributed by atoms with Crippen LogP contribution in [0, 0.1) is 19.8 Å². The molecule has 1 aromatic rings. The van der Waals surface area contributed by atoms with Gasteiger partial charge in [-0.3, -0.25) is 14.3 Å². The molecule has 0 aliphatic heterocycles. The summed E-state index contributed by atoms with van der Waals surface area (Å²) in [5.74, 6) is -1.17. The Hall–Kier alpha value is -1.85. The molecule has 0 aliphatic rings. The number of nitrogens with one attached hydrogen (secondary N) is 1. The Morgan fingerprint density at radius 1 is 1.33 bits per heavy atom. The average Bonchev–Trinajstić information content (AvgIpc) is 2.67. The fourth-order valence-corrected chi connectivity index (χ4v) is 2.22. The lowest BCUT2D eigenvalue weighted by Gasteiger charge is -2.15. The maximum atomic E-state index is 11.9. The number of carbonyl (C=O) groups excluding carboxylic acids is 1. The Kier molecular flexibility index (Phi) is 6.39. The highest BCUT2D eigenvalue weighted by Gasteiger charge is 2.13. The van der Waals surface area contributed by atoms with Crippen LogP contribution in [0.25, 0.3) is 0 Å². The highest BCUT2D eigenvalue weighted by atomic mass is 16.4. The molecule has 2 unspecified atom stereocenters. The number of carboxylic acids is 1. The standard InChI is InChI=1S/C15H25N3O3/c1-10(15(20)21)6-5-7-11(2)16-14(19)9-18-13(4)8-12(3)17-18/h8,10-11H,5-7,9H2,1-4H3,(H,16,19)(H,20,21). The van der Waals surface area contributed by atoms with E-state index >= 15 is 0 Å². The zero-order chi connectivity index (χ0) is 16.0. The van der Waals surface area contributed by atoms with Crippen molar-refractivity contribution >= 4 is 11.9 Å². The molecule has 0 saturated heterocycles. The van der Waals surface area contributed by atoms with Gasteiger partial charge < -0.3 is 10.4 Å². The molecule has 1 heterocycles. The summed E-state index contributed by atoms with van der Waals surface area (Å²) in [5.41, 5.74) is 1.86. The van der Waals surface area contributed by atoms with Gasteiger partial charge in [-0.15, -0.1) is 0 Å². The van der Waals surface area contributed by atoms with E-state index in [4.69, 9.17) is 5.11 Å². The van der Waals surface area contributed by atoms with Crippen molar-refractivity contribution in [1.82, 2.24) is 15.1 Å². The minimum Gasteiger partial charge on any atom is -0.481 e. The van der Waals surface area contributed by atoms with Crippen LogP contribution in [0.15, 0.2) is 6.07 Å². The number of carbonyl (C=O) groups is 2. The summed E-state index contributed by atoms with van der Waals surface area (Å²) in [5, 5.41) is 16.0. The zero-order valence-corrected chi connectivity index (χ0v) is 13.2. The largest absolute Gasteiger partial charge is 0.481 e. The van der Waals surface area contributed by atoms with Crippen LogP contribution in [-0.2, 0) is 16.1 Å². The summed E-state index contributed by atoms with van der Waals surface area (Å²) in [4.78, 5) is 22.6. The highest BCUT2D eigenvalue weighted by Crippen LogP contribution is 2.09. The van der Waals surface area contributed by atoms with Crippen molar-refractivity contribution in [3.05, 3.63) is 17.5 Å².